The lowest BCUT2D eigenvalue weighted by molar-refractivity contribution is 0.416. The van der Waals surface area contributed by atoms with Crippen LogP contribution in [0.2, 0.25) is 0 Å². The van der Waals surface area contributed by atoms with Crippen molar-refractivity contribution in [2.45, 2.75) is 0 Å². The number of methoxy groups -OCH3 is 1. The molecule has 0 aromatic heterocycles. The van der Waals surface area contributed by atoms with Gasteiger partial charge in [0.25, 0.3) is 0 Å². The Morgan fingerprint density at radius 3 is 2.56 bits per heavy atom. The lowest BCUT2D eigenvalue weighted by atomic mass is 10.3. The molecular formula is C9H12BrN5O. The van der Waals surface area contributed by atoms with Gasteiger partial charge in [0.15, 0.2) is 5.96 Å². The highest BCUT2D eigenvalue weighted by molar-refractivity contribution is 9.10. The van der Waals surface area contributed by atoms with Crippen molar-refractivity contribution in [1.82, 2.24) is 0 Å². The molecule has 0 saturated carbocycles. The van der Waals surface area contributed by atoms with E-state index >= 15 is 0 Å². The van der Waals surface area contributed by atoms with E-state index in [1.807, 2.05) is 6.07 Å². The van der Waals surface area contributed by atoms with Crippen LogP contribution in [-0.4, -0.2) is 19.0 Å². The molecule has 0 radical (unpaired) electrons. The average molecular weight is 286 g/mol. The first-order valence-corrected chi connectivity index (χ1v) is 5.09. The van der Waals surface area contributed by atoms with E-state index in [-0.39, 0.29) is 11.9 Å². The largest absolute Gasteiger partial charge is 0.494 e. The number of ether oxygens (including phenoxy) is 1. The fourth-order valence-corrected chi connectivity index (χ4v) is 1.36. The molecule has 16 heavy (non-hydrogen) atoms. The minimum atomic E-state index is -0.141. The monoisotopic (exact) mass is 285 g/mol. The molecule has 6 nitrogen and oxygen atoms in total. The fourth-order valence-electron chi connectivity index (χ4n) is 1.02. The summed E-state index contributed by atoms with van der Waals surface area (Å²) in [6, 6.07) is 5.31. The maximum absolute atomic E-state index is 5.50. The highest BCUT2D eigenvalue weighted by atomic mass is 79.9. The molecule has 0 amide bonds. The van der Waals surface area contributed by atoms with Crippen molar-refractivity contribution < 1.29 is 4.74 Å². The summed E-state index contributed by atoms with van der Waals surface area (Å²) in [5, 5.41) is 0. The van der Waals surface area contributed by atoms with E-state index in [9.17, 15) is 0 Å². The van der Waals surface area contributed by atoms with Crippen LogP contribution in [-0.2, 0) is 0 Å². The van der Waals surface area contributed by atoms with E-state index in [1.165, 1.54) is 7.11 Å². The zero-order valence-electron chi connectivity index (χ0n) is 8.64. The first-order chi connectivity index (χ1) is 7.52. The van der Waals surface area contributed by atoms with E-state index in [1.54, 1.807) is 12.1 Å². The number of guanidine groups is 2. The molecule has 0 heterocycles. The summed E-state index contributed by atoms with van der Waals surface area (Å²) in [4.78, 5) is 7.62. The van der Waals surface area contributed by atoms with Crippen LogP contribution < -0.4 is 21.9 Å². The molecule has 1 aromatic rings. The molecule has 1 aromatic carbocycles. The minimum absolute atomic E-state index is 0.0272. The summed E-state index contributed by atoms with van der Waals surface area (Å²) in [6.45, 7) is 0. The molecule has 0 bridgehead atoms. The summed E-state index contributed by atoms with van der Waals surface area (Å²) >= 11 is 3.32. The molecule has 0 fully saturated rings. The minimum Gasteiger partial charge on any atom is -0.494 e. The topological polar surface area (TPSA) is 112 Å². The first-order valence-electron chi connectivity index (χ1n) is 4.30. The number of benzene rings is 1. The molecule has 7 heteroatoms. The summed E-state index contributed by atoms with van der Waals surface area (Å²) in [7, 11) is 1.54. The first kappa shape index (κ1) is 12.3. The van der Waals surface area contributed by atoms with Crippen LogP contribution in [0.5, 0.6) is 5.75 Å². The summed E-state index contributed by atoms with van der Waals surface area (Å²) in [5.41, 5.74) is 16.4. The van der Waals surface area contributed by atoms with Gasteiger partial charge in [-0.05, 0) is 18.2 Å². The molecule has 0 spiro atoms. The van der Waals surface area contributed by atoms with Crippen LogP contribution in [0.3, 0.4) is 0 Å². The van der Waals surface area contributed by atoms with Gasteiger partial charge in [-0.2, -0.15) is 4.99 Å². The zero-order chi connectivity index (χ0) is 12.1. The van der Waals surface area contributed by atoms with Crippen LogP contribution in [0.4, 0.5) is 5.69 Å². The predicted octanol–water partition coefficient (Wildman–Crippen LogP) is 0.677. The van der Waals surface area contributed by atoms with Crippen molar-refractivity contribution in [2.75, 3.05) is 7.11 Å². The molecule has 1 rings (SSSR count). The molecule has 0 aliphatic rings. The van der Waals surface area contributed by atoms with Crippen LogP contribution >= 0.6 is 15.9 Å². The number of nitrogens with two attached hydrogens (primary N) is 3. The standard InChI is InChI=1S/C9H12BrN5O/c1-16-7-4-5(10)2-3-6(7)14-9(13)15-8(11)12/h2-4H,1H3,(H6,11,12,13,14,15). The van der Waals surface area contributed by atoms with Crippen molar-refractivity contribution >= 4 is 33.5 Å². The molecule has 0 aliphatic carbocycles. The lowest BCUT2D eigenvalue weighted by Gasteiger charge is -2.04. The van der Waals surface area contributed by atoms with Gasteiger partial charge in [0.1, 0.15) is 11.4 Å². The third kappa shape index (κ3) is 3.43. The number of hydrogen-bond donors (Lipinski definition) is 3. The maximum atomic E-state index is 5.50. The van der Waals surface area contributed by atoms with Crippen molar-refractivity contribution in [3.63, 3.8) is 0 Å². The normalized spacial score (nSPS) is 11.0. The van der Waals surface area contributed by atoms with Crippen molar-refractivity contribution in [2.24, 2.45) is 27.2 Å². The third-order valence-electron chi connectivity index (χ3n) is 1.62. The third-order valence-corrected chi connectivity index (χ3v) is 2.11. The zero-order valence-corrected chi connectivity index (χ0v) is 10.2. The summed E-state index contributed by atoms with van der Waals surface area (Å²) < 4.78 is 6.01. The maximum Gasteiger partial charge on any atom is 0.223 e. The van der Waals surface area contributed by atoms with E-state index in [4.69, 9.17) is 21.9 Å². The van der Waals surface area contributed by atoms with E-state index in [0.29, 0.717) is 11.4 Å². The molecule has 0 atom stereocenters. The molecule has 86 valence electrons. The van der Waals surface area contributed by atoms with Gasteiger partial charge in [-0.1, -0.05) is 15.9 Å². The van der Waals surface area contributed by atoms with Gasteiger partial charge >= 0.3 is 0 Å². The van der Waals surface area contributed by atoms with E-state index in [2.05, 4.69) is 25.9 Å². The van der Waals surface area contributed by atoms with Crippen LogP contribution in [0.15, 0.2) is 32.7 Å². The Morgan fingerprint density at radius 2 is 2.00 bits per heavy atom. The number of nitrogens with zero attached hydrogens (tertiary/aromatic N) is 2. The Morgan fingerprint density at radius 1 is 1.31 bits per heavy atom. The second-order valence-corrected chi connectivity index (χ2v) is 3.74. The Bertz CT molecular complexity index is 440. The van der Waals surface area contributed by atoms with Gasteiger partial charge in [-0.25, -0.2) is 4.99 Å². The average Bonchev–Trinajstić information content (AvgIpc) is 2.19. The SMILES string of the molecule is COc1cc(Br)ccc1N=C(N)N=C(N)N. The second-order valence-electron chi connectivity index (χ2n) is 2.82. The fraction of sp³-hybridized carbons (Fsp3) is 0.111. The van der Waals surface area contributed by atoms with Gasteiger partial charge < -0.3 is 21.9 Å². The predicted molar refractivity (Wildman–Crippen MR) is 67.8 cm³/mol. The number of aliphatic imine (C=N–C) groups is 2. The quantitative estimate of drug-likeness (QED) is 0.548. The van der Waals surface area contributed by atoms with Crippen LogP contribution in [0.25, 0.3) is 0 Å². The molecule has 0 unspecified atom stereocenters. The number of hydrogen-bond acceptors (Lipinski definition) is 2. The van der Waals surface area contributed by atoms with Gasteiger partial charge in [-0.3, -0.25) is 0 Å². The van der Waals surface area contributed by atoms with Crippen molar-refractivity contribution in [3.8, 4) is 5.75 Å². The molecular weight excluding hydrogens is 274 g/mol. The van der Waals surface area contributed by atoms with Gasteiger partial charge in [0, 0.05) is 4.47 Å². The Labute approximate surface area is 101 Å². The summed E-state index contributed by atoms with van der Waals surface area (Å²) in [5.74, 6) is 0.404. The Balaban J connectivity index is 3.09. The highest BCUT2D eigenvalue weighted by Crippen LogP contribution is 2.30. The smallest absolute Gasteiger partial charge is 0.223 e. The Hall–Kier alpha value is -1.76. The number of rotatable bonds is 2. The van der Waals surface area contributed by atoms with E-state index < -0.39 is 0 Å². The van der Waals surface area contributed by atoms with Crippen molar-refractivity contribution in [1.29, 1.82) is 0 Å². The molecule has 6 N–H and O–H groups in total. The van der Waals surface area contributed by atoms with Gasteiger partial charge in [0.2, 0.25) is 5.96 Å². The lowest BCUT2D eigenvalue weighted by Crippen LogP contribution is -2.26. The van der Waals surface area contributed by atoms with E-state index in [0.717, 1.165) is 4.47 Å². The molecule has 0 saturated heterocycles. The number of halogens is 1. The van der Waals surface area contributed by atoms with Gasteiger partial charge in [0.05, 0.1) is 7.11 Å². The van der Waals surface area contributed by atoms with Crippen LogP contribution in [0, 0.1) is 0 Å². The van der Waals surface area contributed by atoms with Gasteiger partial charge in [-0.15, -0.1) is 0 Å². The summed E-state index contributed by atoms with van der Waals surface area (Å²) in [6.07, 6.45) is 0. The Kier molecular flexibility index (Phi) is 4.12. The second kappa shape index (κ2) is 5.36. The van der Waals surface area contributed by atoms with Crippen LogP contribution in [0.1, 0.15) is 0 Å². The highest BCUT2D eigenvalue weighted by Gasteiger charge is 2.02. The van der Waals surface area contributed by atoms with Crippen molar-refractivity contribution in [3.05, 3.63) is 22.7 Å². The molecule has 0 aliphatic heterocycles.